The molecule has 0 amide bonds. The number of halogens is 1. The lowest BCUT2D eigenvalue weighted by molar-refractivity contribution is 0.280. The number of alkyl halides is 1. The van der Waals surface area contributed by atoms with Gasteiger partial charge in [-0.15, -0.1) is 0 Å². The molecule has 0 radical (unpaired) electrons. The minimum Gasteiger partial charge on any atom is -0.207 e. The molecule has 1 heterocycles. The number of sulfonamides is 1. The predicted octanol–water partition coefficient (Wildman–Crippen LogP) is 6.71. The van der Waals surface area contributed by atoms with E-state index in [4.69, 9.17) is 0 Å². The highest BCUT2D eigenvalue weighted by Gasteiger charge is 2.59. The first-order valence-electron chi connectivity index (χ1n) is 11.7. The Morgan fingerprint density at radius 2 is 1.17 bits per heavy atom. The average molecular weight is 594 g/mol. The summed E-state index contributed by atoms with van der Waals surface area (Å²) in [5.74, 6) is 0. The maximum atomic E-state index is 14.4. The lowest BCUT2D eigenvalue weighted by atomic mass is 9.70. The zero-order valence-electron chi connectivity index (χ0n) is 19.6. The van der Waals surface area contributed by atoms with Gasteiger partial charge in [0.15, 0.2) is 0 Å². The van der Waals surface area contributed by atoms with Crippen molar-refractivity contribution in [2.45, 2.75) is 29.2 Å². The van der Waals surface area contributed by atoms with Gasteiger partial charge in [-0.1, -0.05) is 131 Å². The number of rotatable bonds is 6. The third-order valence-corrected chi connectivity index (χ3v) is 10.5. The van der Waals surface area contributed by atoms with E-state index >= 15 is 0 Å². The molecule has 3 nitrogen and oxygen atoms in total. The fourth-order valence-corrected chi connectivity index (χ4v) is 8.62. The quantitative estimate of drug-likeness (QED) is 0.184. The van der Waals surface area contributed by atoms with Crippen LogP contribution in [0.25, 0.3) is 0 Å². The van der Waals surface area contributed by atoms with Gasteiger partial charge >= 0.3 is 0 Å². The molecule has 4 aromatic carbocycles. The van der Waals surface area contributed by atoms with E-state index < -0.39 is 21.0 Å². The van der Waals surface area contributed by atoms with Gasteiger partial charge in [0, 0.05) is 16.4 Å². The molecule has 178 valence electrons. The third-order valence-electron chi connectivity index (χ3n) is 7.28. The van der Waals surface area contributed by atoms with Gasteiger partial charge in [-0.05, 0) is 42.2 Å². The van der Waals surface area contributed by atoms with Crippen LogP contribution in [0.1, 0.15) is 28.7 Å². The Kier molecular flexibility index (Phi) is 6.59. The van der Waals surface area contributed by atoms with E-state index in [1.54, 1.807) is 16.4 Å². The maximum absolute atomic E-state index is 14.4. The van der Waals surface area contributed by atoms with E-state index in [2.05, 4.69) is 59.0 Å². The number of aryl methyl sites for hydroxylation is 1. The first-order chi connectivity index (χ1) is 16.9. The smallest absolute Gasteiger partial charge is 0.207 e. The standard InChI is InChI=1S/C30H28INO2S/c1-24-17-19-28(20-18-24)35(33,34)32-23-29(25-11-5-2-6-12-25,26-13-7-3-8-14-26)21-30(32,22-31)27-15-9-4-10-16-27/h2-20H,21-23H2,1H3/t30-/m0/s1. The first kappa shape index (κ1) is 24.2. The van der Waals surface area contributed by atoms with Crippen molar-refractivity contribution in [1.29, 1.82) is 0 Å². The van der Waals surface area contributed by atoms with E-state index in [0.29, 0.717) is 22.3 Å². The van der Waals surface area contributed by atoms with Gasteiger partial charge in [-0.25, -0.2) is 8.42 Å². The maximum Gasteiger partial charge on any atom is 0.243 e. The summed E-state index contributed by atoms with van der Waals surface area (Å²) in [4.78, 5) is 0.338. The fraction of sp³-hybridized carbons (Fsp3) is 0.200. The fourth-order valence-electron chi connectivity index (χ4n) is 5.45. The van der Waals surface area contributed by atoms with Crippen molar-refractivity contribution in [3.63, 3.8) is 0 Å². The number of nitrogens with zero attached hydrogens (tertiary/aromatic N) is 1. The molecule has 0 unspecified atom stereocenters. The summed E-state index contributed by atoms with van der Waals surface area (Å²) in [5, 5.41) is 0. The molecular weight excluding hydrogens is 565 g/mol. The summed E-state index contributed by atoms with van der Waals surface area (Å²) in [6.45, 7) is 2.34. The number of hydrogen-bond acceptors (Lipinski definition) is 2. The van der Waals surface area contributed by atoms with Crippen LogP contribution in [0.4, 0.5) is 0 Å². The molecule has 0 aromatic heterocycles. The van der Waals surface area contributed by atoms with E-state index in [1.165, 1.54) is 0 Å². The number of hydrogen-bond donors (Lipinski definition) is 0. The topological polar surface area (TPSA) is 37.4 Å². The van der Waals surface area contributed by atoms with Crippen LogP contribution in [0.5, 0.6) is 0 Å². The van der Waals surface area contributed by atoms with Crippen molar-refractivity contribution in [2.75, 3.05) is 11.0 Å². The van der Waals surface area contributed by atoms with E-state index in [-0.39, 0.29) is 0 Å². The lowest BCUT2D eigenvalue weighted by Crippen LogP contribution is -2.46. The second-order valence-corrected chi connectivity index (χ2v) is 12.0. The summed E-state index contributed by atoms with van der Waals surface area (Å²) in [6.07, 6.45) is 0.659. The molecule has 5 heteroatoms. The second-order valence-electron chi connectivity index (χ2n) is 9.35. The molecule has 0 aliphatic carbocycles. The Bertz CT molecular complexity index is 1350. The average Bonchev–Trinajstić information content (AvgIpc) is 3.29. The highest BCUT2D eigenvalue weighted by Crippen LogP contribution is 2.55. The van der Waals surface area contributed by atoms with Crippen LogP contribution in [0.15, 0.2) is 120 Å². The van der Waals surface area contributed by atoms with Crippen LogP contribution in [0, 0.1) is 6.92 Å². The van der Waals surface area contributed by atoms with Crippen molar-refractivity contribution >= 4 is 32.6 Å². The van der Waals surface area contributed by atoms with Crippen molar-refractivity contribution < 1.29 is 8.42 Å². The summed E-state index contributed by atoms with van der Waals surface area (Å²) < 4.78 is 31.2. The second kappa shape index (κ2) is 9.52. The van der Waals surface area contributed by atoms with Crippen LogP contribution in [-0.4, -0.2) is 23.7 Å². The predicted molar refractivity (Wildman–Crippen MR) is 150 cm³/mol. The molecule has 0 spiro atoms. The van der Waals surface area contributed by atoms with Crippen molar-refractivity contribution in [1.82, 2.24) is 4.31 Å². The zero-order chi connectivity index (χ0) is 24.5. The first-order valence-corrected chi connectivity index (χ1v) is 14.7. The van der Waals surface area contributed by atoms with Crippen LogP contribution in [0.2, 0.25) is 0 Å². The molecule has 0 N–H and O–H groups in total. The highest BCUT2D eigenvalue weighted by molar-refractivity contribution is 14.1. The molecule has 1 saturated heterocycles. The summed E-state index contributed by atoms with van der Waals surface area (Å²) in [7, 11) is -3.78. The minimum absolute atomic E-state index is 0.338. The Labute approximate surface area is 222 Å². The van der Waals surface area contributed by atoms with Gasteiger partial charge in [0.25, 0.3) is 0 Å². The third kappa shape index (κ3) is 4.13. The molecule has 0 saturated carbocycles. The van der Waals surface area contributed by atoms with Gasteiger partial charge in [-0.3, -0.25) is 0 Å². The Hall–Kier alpha value is -2.48. The van der Waals surface area contributed by atoms with Gasteiger partial charge in [-0.2, -0.15) is 4.31 Å². The molecule has 1 atom stereocenters. The summed E-state index contributed by atoms with van der Waals surface area (Å²) in [5.41, 5.74) is 3.16. The Morgan fingerprint density at radius 1 is 0.714 bits per heavy atom. The van der Waals surface area contributed by atoms with Crippen LogP contribution in [-0.2, 0) is 21.0 Å². The Morgan fingerprint density at radius 3 is 1.63 bits per heavy atom. The summed E-state index contributed by atoms with van der Waals surface area (Å²) >= 11 is 2.38. The SMILES string of the molecule is Cc1ccc(S(=O)(=O)N2CC(c3ccccc3)(c3ccccc3)C[C@]2(CI)c2ccccc2)cc1. The molecule has 5 rings (SSSR count). The van der Waals surface area contributed by atoms with Crippen LogP contribution < -0.4 is 0 Å². The molecule has 4 aromatic rings. The zero-order valence-corrected chi connectivity index (χ0v) is 22.6. The molecule has 1 aliphatic heterocycles. The number of benzene rings is 4. The molecule has 35 heavy (non-hydrogen) atoms. The molecule has 0 bridgehead atoms. The minimum atomic E-state index is -3.78. The van der Waals surface area contributed by atoms with Crippen molar-refractivity contribution in [2.24, 2.45) is 0 Å². The molecule has 1 fully saturated rings. The van der Waals surface area contributed by atoms with Crippen molar-refractivity contribution in [3.05, 3.63) is 138 Å². The van der Waals surface area contributed by atoms with Crippen LogP contribution >= 0.6 is 22.6 Å². The normalized spacial score (nSPS) is 20.1. The largest absolute Gasteiger partial charge is 0.243 e. The molecular formula is C30H28INO2S. The van der Waals surface area contributed by atoms with E-state index in [0.717, 1.165) is 22.3 Å². The molecule has 1 aliphatic rings. The van der Waals surface area contributed by atoms with Gasteiger partial charge < -0.3 is 0 Å². The summed E-state index contributed by atoms with van der Waals surface area (Å²) in [6, 6.07) is 38.1. The Balaban J connectivity index is 1.78. The lowest BCUT2D eigenvalue weighted by Gasteiger charge is -2.37. The van der Waals surface area contributed by atoms with E-state index in [9.17, 15) is 8.42 Å². The van der Waals surface area contributed by atoms with Gasteiger partial charge in [0.1, 0.15) is 0 Å². The van der Waals surface area contributed by atoms with Crippen molar-refractivity contribution in [3.8, 4) is 0 Å². The van der Waals surface area contributed by atoms with Gasteiger partial charge in [0.2, 0.25) is 10.0 Å². The highest BCUT2D eigenvalue weighted by atomic mass is 127. The monoisotopic (exact) mass is 593 g/mol. The van der Waals surface area contributed by atoms with Crippen LogP contribution in [0.3, 0.4) is 0 Å². The van der Waals surface area contributed by atoms with E-state index in [1.807, 2.05) is 73.7 Å². The van der Waals surface area contributed by atoms with Gasteiger partial charge in [0.05, 0.1) is 10.4 Å².